The maximum atomic E-state index is 10.8. The van der Waals surface area contributed by atoms with Crippen LogP contribution in [0.2, 0.25) is 0 Å². The van der Waals surface area contributed by atoms with Gasteiger partial charge >= 0.3 is 0 Å². The number of hydrogen-bond acceptors (Lipinski definition) is 3. The lowest BCUT2D eigenvalue weighted by Crippen LogP contribution is -2.43. The topological polar surface area (TPSA) is 75.3 Å². The first kappa shape index (κ1) is 7.50. The van der Waals surface area contributed by atoms with Gasteiger partial charge in [-0.05, 0) is 12.8 Å². The van der Waals surface area contributed by atoms with E-state index in [-0.39, 0.29) is 12.5 Å². The van der Waals surface area contributed by atoms with Crippen LogP contribution in [0.4, 0.5) is 0 Å². The first-order chi connectivity index (χ1) is 4.74. The van der Waals surface area contributed by atoms with Gasteiger partial charge in [0.2, 0.25) is 5.91 Å². The highest BCUT2D eigenvalue weighted by Crippen LogP contribution is 2.18. The van der Waals surface area contributed by atoms with Crippen LogP contribution in [0, 0.1) is 0 Å². The van der Waals surface area contributed by atoms with Crippen LogP contribution in [-0.4, -0.2) is 29.7 Å². The van der Waals surface area contributed by atoms with Crippen LogP contribution in [0.5, 0.6) is 0 Å². The normalized spacial score (nSPS) is 20.2. The summed E-state index contributed by atoms with van der Waals surface area (Å²) < 4.78 is 0. The summed E-state index contributed by atoms with van der Waals surface area (Å²) in [4.78, 5) is 10.8. The maximum Gasteiger partial charge on any atom is 0.239 e. The fraction of sp³-hybridized carbons (Fsp3) is 0.833. The summed E-state index contributed by atoms with van der Waals surface area (Å²) in [6.45, 7) is -0.279. The highest BCUT2D eigenvalue weighted by Gasteiger charge is 2.25. The lowest BCUT2D eigenvalue weighted by molar-refractivity contribution is -0.123. The number of carbonyl (C=O) groups is 1. The van der Waals surface area contributed by atoms with Crippen LogP contribution >= 0.6 is 0 Å². The highest BCUT2D eigenvalue weighted by atomic mass is 16.3. The Bertz CT molecular complexity index is 134. The third-order valence-corrected chi connectivity index (χ3v) is 1.46. The minimum absolute atomic E-state index is 0.245. The maximum absolute atomic E-state index is 10.8. The molecule has 0 bridgehead atoms. The van der Waals surface area contributed by atoms with Crippen LogP contribution < -0.4 is 11.1 Å². The molecule has 0 saturated heterocycles. The number of nitrogens with two attached hydrogens (primary N) is 1. The molecule has 1 aliphatic rings. The number of carbonyl (C=O) groups excluding carboxylic acids is 1. The van der Waals surface area contributed by atoms with Crippen molar-refractivity contribution < 1.29 is 9.90 Å². The summed E-state index contributed by atoms with van der Waals surface area (Å²) in [5.41, 5.74) is 5.23. The third-order valence-electron chi connectivity index (χ3n) is 1.46. The Morgan fingerprint density at radius 2 is 2.40 bits per heavy atom. The van der Waals surface area contributed by atoms with Crippen molar-refractivity contribution in [3.05, 3.63) is 0 Å². The van der Waals surface area contributed by atoms with Gasteiger partial charge in [0.25, 0.3) is 0 Å². The summed E-state index contributed by atoms with van der Waals surface area (Å²) in [5, 5.41) is 11.1. The zero-order chi connectivity index (χ0) is 7.56. The van der Waals surface area contributed by atoms with Crippen molar-refractivity contribution >= 4 is 5.91 Å². The quantitative estimate of drug-likeness (QED) is 0.455. The van der Waals surface area contributed by atoms with E-state index in [0.717, 1.165) is 12.8 Å². The molecule has 1 rings (SSSR count). The molecule has 1 atom stereocenters. The number of hydrogen-bond donors (Lipinski definition) is 3. The van der Waals surface area contributed by atoms with Gasteiger partial charge < -0.3 is 16.2 Å². The van der Waals surface area contributed by atoms with Crippen LogP contribution in [0.3, 0.4) is 0 Å². The average Bonchev–Trinajstić information content (AvgIpc) is 2.70. The van der Waals surface area contributed by atoms with Gasteiger partial charge in [-0.15, -0.1) is 0 Å². The minimum Gasteiger partial charge on any atom is -0.394 e. The average molecular weight is 144 g/mol. The fourth-order valence-electron chi connectivity index (χ4n) is 0.619. The van der Waals surface area contributed by atoms with Crippen LogP contribution in [0.25, 0.3) is 0 Å². The Balaban J connectivity index is 2.18. The zero-order valence-corrected chi connectivity index (χ0v) is 5.71. The van der Waals surface area contributed by atoms with E-state index in [1.807, 2.05) is 0 Å². The molecule has 0 aromatic carbocycles. The van der Waals surface area contributed by atoms with E-state index in [9.17, 15) is 4.79 Å². The molecule has 4 N–H and O–H groups in total. The van der Waals surface area contributed by atoms with Crippen molar-refractivity contribution in [2.75, 3.05) is 6.61 Å². The summed E-state index contributed by atoms with van der Waals surface area (Å²) in [5.74, 6) is -0.245. The molecular weight excluding hydrogens is 132 g/mol. The smallest absolute Gasteiger partial charge is 0.239 e. The Morgan fingerprint density at radius 3 is 2.80 bits per heavy atom. The molecule has 1 saturated carbocycles. The van der Waals surface area contributed by atoms with Crippen molar-refractivity contribution in [1.29, 1.82) is 0 Å². The molecule has 0 heterocycles. The van der Waals surface area contributed by atoms with Gasteiger partial charge in [0, 0.05) is 6.04 Å². The summed E-state index contributed by atoms with van der Waals surface area (Å²) in [7, 11) is 0. The number of amides is 1. The Morgan fingerprint density at radius 1 is 1.80 bits per heavy atom. The van der Waals surface area contributed by atoms with Gasteiger partial charge in [0.05, 0.1) is 6.61 Å². The largest absolute Gasteiger partial charge is 0.394 e. The highest BCUT2D eigenvalue weighted by molar-refractivity contribution is 5.82. The molecule has 0 aromatic rings. The Kier molecular flexibility index (Phi) is 2.24. The van der Waals surface area contributed by atoms with E-state index >= 15 is 0 Å². The van der Waals surface area contributed by atoms with E-state index in [1.165, 1.54) is 0 Å². The fourth-order valence-corrected chi connectivity index (χ4v) is 0.619. The monoisotopic (exact) mass is 144 g/mol. The molecule has 1 amide bonds. The molecule has 4 nitrogen and oxygen atoms in total. The minimum atomic E-state index is -0.749. The van der Waals surface area contributed by atoms with Gasteiger partial charge in [0.15, 0.2) is 0 Å². The molecule has 1 aliphatic carbocycles. The molecular formula is C6H12N2O2. The number of aliphatic hydroxyl groups excluding tert-OH is 1. The molecule has 1 unspecified atom stereocenters. The van der Waals surface area contributed by atoms with Crippen molar-refractivity contribution in [2.45, 2.75) is 24.9 Å². The van der Waals surface area contributed by atoms with Crippen molar-refractivity contribution in [2.24, 2.45) is 5.73 Å². The SMILES string of the molecule is NC(CO)C(=O)NC1CC1. The first-order valence-corrected chi connectivity index (χ1v) is 3.41. The van der Waals surface area contributed by atoms with Crippen LogP contribution in [0.15, 0.2) is 0 Å². The summed E-state index contributed by atoms with van der Waals surface area (Å²) in [6.07, 6.45) is 2.09. The number of rotatable bonds is 3. The van der Waals surface area contributed by atoms with E-state index in [1.54, 1.807) is 0 Å². The predicted molar refractivity (Wildman–Crippen MR) is 36.2 cm³/mol. The molecule has 10 heavy (non-hydrogen) atoms. The van der Waals surface area contributed by atoms with Crippen molar-refractivity contribution in [1.82, 2.24) is 5.32 Å². The van der Waals surface area contributed by atoms with E-state index in [2.05, 4.69) is 5.32 Å². The molecule has 0 spiro atoms. The van der Waals surface area contributed by atoms with Crippen molar-refractivity contribution in [3.63, 3.8) is 0 Å². The summed E-state index contributed by atoms with van der Waals surface area (Å²) >= 11 is 0. The molecule has 0 aromatic heterocycles. The molecule has 0 radical (unpaired) electrons. The van der Waals surface area contributed by atoms with E-state index in [0.29, 0.717) is 6.04 Å². The third kappa shape index (κ3) is 1.97. The van der Waals surface area contributed by atoms with E-state index in [4.69, 9.17) is 10.8 Å². The Hall–Kier alpha value is -0.610. The second-order valence-electron chi connectivity index (χ2n) is 2.57. The van der Waals surface area contributed by atoms with E-state index < -0.39 is 6.04 Å². The standard InChI is InChI=1S/C6H12N2O2/c7-5(3-9)6(10)8-4-1-2-4/h4-5,9H,1-3,7H2,(H,8,10). The summed E-state index contributed by atoms with van der Waals surface area (Å²) in [6, 6.07) is -0.425. The molecule has 1 fully saturated rings. The second-order valence-corrected chi connectivity index (χ2v) is 2.57. The zero-order valence-electron chi connectivity index (χ0n) is 5.71. The van der Waals surface area contributed by atoms with Crippen LogP contribution in [-0.2, 0) is 4.79 Å². The number of aliphatic hydroxyl groups is 1. The number of nitrogens with one attached hydrogen (secondary N) is 1. The Labute approximate surface area is 59.4 Å². The first-order valence-electron chi connectivity index (χ1n) is 3.41. The lowest BCUT2D eigenvalue weighted by Gasteiger charge is -2.07. The van der Waals surface area contributed by atoms with Gasteiger partial charge in [-0.2, -0.15) is 0 Å². The predicted octanol–water partition coefficient (Wildman–Crippen LogP) is -1.42. The molecule has 58 valence electrons. The lowest BCUT2D eigenvalue weighted by atomic mass is 10.3. The second kappa shape index (κ2) is 2.98. The van der Waals surface area contributed by atoms with Gasteiger partial charge in [-0.25, -0.2) is 0 Å². The van der Waals surface area contributed by atoms with Gasteiger partial charge in [-0.1, -0.05) is 0 Å². The van der Waals surface area contributed by atoms with Gasteiger partial charge in [0.1, 0.15) is 6.04 Å². The van der Waals surface area contributed by atoms with Crippen LogP contribution in [0.1, 0.15) is 12.8 Å². The van der Waals surface area contributed by atoms with Crippen molar-refractivity contribution in [3.8, 4) is 0 Å². The molecule has 0 aliphatic heterocycles. The molecule has 4 heteroatoms. The van der Waals surface area contributed by atoms with Gasteiger partial charge in [-0.3, -0.25) is 4.79 Å².